The van der Waals surface area contributed by atoms with Gasteiger partial charge < -0.3 is 4.90 Å². The molecule has 0 radical (unpaired) electrons. The lowest BCUT2D eigenvalue weighted by Crippen LogP contribution is -2.41. The van der Waals surface area contributed by atoms with Crippen molar-refractivity contribution in [3.8, 4) is 6.07 Å². The average molecular weight is 380 g/mol. The van der Waals surface area contributed by atoms with Crippen molar-refractivity contribution < 1.29 is 13.6 Å². The molecule has 1 aliphatic rings. The van der Waals surface area contributed by atoms with Crippen LogP contribution in [0, 0.1) is 42.7 Å². The minimum absolute atomic E-state index is 0.0577. The summed E-state index contributed by atoms with van der Waals surface area (Å²) in [6.45, 7) is 4.40. The molecule has 1 fully saturated rings. The lowest BCUT2D eigenvalue weighted by molar-refractivity contribution is -0.120. The first kappa shape index (κ1) is 19.8. The van der Waals surface area contributed by atoms with Crippen molar-refractivity contribution in [3.05, 3.63) is 70.3 Å². The number of benzene rings is 2. The number of aryl methyl sites for hydroxylation is 2. The number of amides is 1. The molecule has 0 aromatic heterocycles. The van der Waals surface area contributed by atoms with Crippen molar-refractivity contribution in [2.75, 3.05) is 11.4 Å². The van der Waals surface area contributed by atoms with Crippen molar-refractivity contribution in [2.45, 2.75) is 33.1 Å². The predicted octanol–water partition coefficient (Wildman–Crippen LogP) is 5.10. The van der Waals surface area contributed by atoms with E-state index in [-0.39, 0.29) is 11.8 Å². The highest BCUT2D eigenvalue weighted by atomic mass is 19.1. The molecular weight excluding hydrogens is 358 g/mol. The standard InChI is InChI=1S/C23H22F2N2O/c1-15-10-17(4-3-9-26)11-16(2)23(15)27-14-18(5-8-22(27)28)12-19-6-7-20(24)13-21(19)25/h3-4,6-7,10-11,13,18H,5,8,12,14H2,1-2H3/b4-3+. The number of halogens is 2. The van der Waals surface area contributed by atoms with Gasteiger partial charge in [0.05, 0.1) is 6.07 Å². The van der Waals surface area contributed by atoms with Crippen LogP contribution in [0.2, 0.25) is 0 Å². The molecule has 1 unspecified atom stereocenters. The molecule has 0 aliphatic carbocycles. The second-order valence-electron chi connectivity index (χ2n) is 7.31. The highest BCUT2D eigenvalue weighted by Gasteiger charge is 2.29. The summed E-state index contributed by atoms with van der Waals surface area (Å²) in [5, 5.41) is 8.71. The van der Waals surface area contributed by atoms with Gasteiger partial charge in [-0.25, -0.2) is 8.78 Å². The van der Waals surface area contributed by atoms with E-state index in [4.69, 9.17) is 5.26 Å². The van der Waals surface area contributed by atoms with Gasteiger partial charge in [-0.2, -0.15) is 5.26 Å². The fourth-order valence-electron chi connectivity index (χ4n) is 3.94. The van der Waals surface area contributed by atoms with Crippen LogP contribution in [0.5, 0.6) is 0 Å². The van der Waals surface area contributed by atoms with E-state index in [0.717, 1.165) is 28.4 Å². The van der Waals surface area contributed by atoms with Crippen LogP contribution < -0.4 is 4.90 Å². The van der Waals surface area contributed by atoms with Crippen LogP contribution in [0.4, 0.5) is 14.5 Å². The molecule has 1 atom stereocenters. The largest absolute Gasteiger partial charge is 0.312 e. The van der Waals surface area contributed by atoms with E-state index >= 15 is 0 Å². The third-order valence-corrected chi connectivity index (χ3v) is 5.17. The Balaban J connectivity index is 1.84. The first-order valence-corrected chi connectivity index (χ1v) is 9.30. The van der Waals surface area contributed by atoms with Gasteiger partial charge in [-0.3, -0.25) is 4.79 Å². The van der Waals surface area contributed by atoms with E-state index in [1.54, 1.807) is 11.0 Å². The van der Waals surface area contributed by atoms with Crippen molar-refractivity contribution in [2.24, 2.45) is 5.92 Å². The maximum Gasteiger partial charge on any atom is 0.227 e. The van der Waals surface area contributed by atoms with Crippen LogP contribution >= 0.6 is 0 Å². The normalized spacial score (nSPS) is 17.2. The molecule has 5 heteroatoms. The van der Waals surface area contributed by atoms with Crippen molar-refractivity contribution in [1.29, 1.82) is 5.26 Å². The number of hydrogen-bond acceptors (Lipinski definition) is 2. The molecule has 1 amide bonds. The van der Waals surface area contributed by atoms with E-state index < -0.39 is 11.6 Å². The van der Waals surface area contributed by atoms with Gasteiger partial charge in [0.1, 0.15) is 11.6 Å². The Morgan fingerprint density at radius 1 is 1.21 bits per heavy atom. The van der Waals surface area contributed by atoms with Crippen molar-refractivity contribution >= 4 is 17.7 Å². The van der Waals surface area contributed by atoms with Crippen LogP contribution in [0.25, 0.3) is 6.08 Å². The monoisotopic (exact) mass is 380 g/mol. The Morgan fingerprint density at radius 2 is 1.93 bits per heavy atom. The quantitative estimate of drug-likeness (QED) is 0.693. The van der Waals surface area contributed by atoms with E-state index in [1.165, 1.54) is 18.2 Å². The molecule has 2 aromatic carbocycles. The summed E-state index contributed by atoms with van der Waals surface area (Å²) in [5.74, 6) is -0.958. The molecule has 1 aliphatic heterocycles. The summed E-state index contributed by atoms with van der Waals surface area (Å²) in [4.78, 5) is 14.4. The molecule has 0 bridgehead atoms. The minimum atomic E-state index is -0.585. The fraction of sp³-hybridized carbons (Fsp3) is 0.304. The van der Waals surface area contributed by atoms with Gasteiger partial charge in [0.25, 0.3) is 0 Å². The molecule has 1 heterocycles. The summed E-state index contributed by atoms with van der Waals surface area (Å²) in [6.07, 6.45) is 4.72. The van der Waals surface area contributed by atoms with Crippen molar-refractivity contribution in [1.82, 2.24) is 0 Å². The highest BCUT2D eigenvalue weighted by molar-refractivity contribution is 5.96. The van der Waals surface area contributed by atoms with E-state index in [0.29, 0.717) is 31.4 Å². The summed E-state index contributed by atoms with van der Waals surface area (Å²) >= 11 is 0. The SMILES string of the molecule is Cc1cc(/C=C/C#N)cc(C)c1N1CC(Cc2ccc(F)cc2F)CCC1=O. The number of nitrogens with zero attached hydrogens (tertiary/aromatic N) is 2. The lowest BCUT2D eigenvalue weighted by atomic mass is 9.89. The van der Waals surface area contributed by atoms with Gasteiger partial charge in [0.2, 0.25) is 5.91 Å². The van der Waals surface area contributed by atoms with Gasteiger partial charge in [0, 0.05) is 30.8 Å². The second-order valence-corrected chi connectivity index (χ2v) is 7.31. The van der Waals surface area contributed by atoms with Crippen LogP contribution in [0.1, 0.15) is 35.1 Å². The number of rotatable bonds is 4. The Hall–Kier alpha value is -3.00. The van der Waals surface area contributed by atoms with E-state index in [2.05, 4.69) is 0 Å². The molecule has 28 heavy (non-hydrogen) atoms. The van der Waals surface area contributed by atoms with Crippen molar-refractivity contribution in [3.63, 3.8) is 0 Å². The first-order chi connectivity index (χ1) is 13.4. The Labute approximate surface area is 163 Å². The maximum atomic E-state index is 14.0. The molecule has 0 N–H and O–H groups in total. The zero-order valence-electron chi connectivity index (χ0n) is 16.0. The second kappa shape index (κ2) is 8.35. The molecule has 1 saturated heterocycles. The fourth-order valence-corrected chi connectivity index (χ4v) is 3.94. The molecule has 0 spiro atoms. The molecule has 3 nitrogen and oxygen atoms in total. The lowest BCUT2D eigenvalue weighted by Gasteiger charge is -2.35. The van der Waals surface area contributed by atoms with Crippen LogP contribution in [0.3, 0.4) is 0 Å². The molecule has 2 aromatic rings. The number of nitriles is 1. The smallest absolute Gasteiger partial charge is 0.227 e. The molecular formula is C23H22F2N2O. The molecule has 0 saturated carbocycles. The van der Waals surface area contributed by atoms with Gasteiger partial charge in [-0.15, -0.1) is 0 Å². The van der Waals surface area contributed by atoms with E-state index in [9.17, 15) is 13.6 Å². The van der Waals surface area contributed by atoms with Crippen LogP contribution in [-0.2, 0) is 11.2 Å². The number of allylic oxidation sites excluding steroid dienone is 1. The van der Waals surface area contributed by atoms with Gasteiger partial charge >= 0.3 is 0 Å². The third kappa shape index (κ3) is 4.28. The minimum Gasteiger partial charge on any atom is -0.312 e. The van der Waals surface area contributed by atoms with Crippen LogP contribution in [-0.4, -0.2) is 12.5 Å². The zero-order valence-corrected chi connectivity index (χ0v) is 16.0. The first-order valence-electron chi connectivity index (χ1n) is 9.30. The highest BCUT2D eigenvalue weighted by Crippen LogP contribution is 2.32. The number of carbonyl (C=O) groups is 1. The Kier molecular flexibility index (Phi) is 5.89. The Bertz CT molecular complexity index is 952. The predicted molar refractivity (Wildman–Crippen MR) is 106 cm³/mol. The summed E-state index contributed by atoms with van der Waals surface area (Å²) < 4.78 is 27.2. The number of carbonyl (C=O) groups excluding carboxylic acids is 1. The Morgan fingerprint density at radius 3 is 2.57 bits per heavy atom. The maximum absolute atomic E-state index is 14.0. The summed E-state index contributed by atoms with van der Waals surface area (Å²) in [5.41, 5.74) is 4.18. The van der Waals surface area contributed by atoms with Gasteiger partial charge in [-0.1, -0.05) is 6.07 Å². The summed E-state index contributed by atoms with van der Waals surface area (Å²) in [7, 11) is 0. The molecule has 3 rings (SSSR count). The van der Waals surface area contributed by atoms with E-state index in [1.807, 2.05) is 32.0 Å². The average Bonchev–Trinajstić information content (AvgIpc) is 2.64. The van der Waals surface area contributed by atoms with Crippen LogP contribution in [0.15, 0.2) is 36.4 Å². The van der Waals surface area contributed by atoms with Gasteiger partial charge in [-0.05, 0) is 79.1 Å². The number of anilines is 1. The zero-order chi connectivity index (χ0) is 20.3. The van der Waals surface area contributed by atoms with Gasteiger partial charge in [0.15, 0.2) is 0 Å². The molecule has 144 valence electrons. The topological polar surface area (TPSA) is 44.1 Å². The third-order valence-electron chi connectivity index (χ3n) is 5.17. The number of piperidine rings is 1. The number of hydrogen-bond donors (Lipinski definition) is 0. The summed E-state index contributed by atoms with van der Waals surface area (Å²) in [6, 6.07) is 9.54.